The zero-order chi connectivity index (χ0) is 19.5. The number of hydrogen-bond donors (Lipinski definition) is 4. The number of aryl methyl sites for hydroxylation is 1. The molecular weight excluding hydrogens is 373 g/mol. The molecule has 0 fully saturated rings. The van der Waals surface area contributed by atoms with E-state index >= 15 is 0 Å². The topological polar surface area (TPSA) is 192 Å². The molecule has 0 aliphatic heterocycles. The normalized spacial score (nSPS) is 9.88. The van der Waals surface area contributed by atoms with Gasteiger partial charge in [0, 0.05) is 11.8 Å². The van der Waals surface area contributed by atoms with Gasteiger partial charge in [0.15, 0.2) is 22.6 Å². The smallest absolute Gasteiger partial charge is 0.252 e. The van der Waals surface area contributed by atoms with Crippen molar-refractivity contribution in [2.45, 2.75) is 6.92 Å². The Hall–Kier alpha value is -2.37. The predicted octanol–water partition coefficient (Wildman–Crippen LogP) is -1.27. The summed E-state index contributed by atoms with van der Waals surface area (Å²) < 4.78 is 9.66. The highest BCUT2D eigenvalue weighted by molar-refractivity contribution is 7.26. The van der Waals surface area contributed by atoms with Crippen molar-refractivity contribution in [3.8, 4) is 0 Å². The number of aliphatic imine (C=N–C) groups is 2. The Morgan fingerprint density at radius 2 is 1.73 bits per heavy atom. The minimum absolute atomic E-state index is 0.00110. The molecule has 0 radical (unpaired) electrons. The van der Waals surface area contributed by atoms with Crippen LogP contribution in [0.2, 0.25) is 0 Å². The molecule has 0 aromatic carbocycles. The van der Waals surface area contributed by atoms with E-state index in [9.17, 15) is 14.4 Å². The lowest BCUT2D eigenvalue weighted by molar-refractivity contribution is -0.0647. The molecule has 0 unspecified atom stereocenters. The van der Waals surface area contributed by atoms with Crippen LogP contribution >= 0.6 is 9.03 Å². The fourth-order valence-electron chi connectivity index (χ4n) is 1.05. The van der Waals surface area contributed by atoms with Gasteiger partial charge in [-0.25, -0.2) is 14.6 Å². The first-order valence-corrected chi connectivity index (χ1v) is 7.50. The molecule has 5 N–H and O–H groups in total. The number of rotatable bonds is 12. The van der Waals surface area contributed by atoms with Crippen molar-refractivity contribution in [1.29, 1.82) is 0 Å². The number of nitrogens with one attached hydrogen (secondary N) is 3. The summed E-state index contributed by atoms with van der Waals surface area (Å²) >= 11 is 0. The molecule has 144 valence electrons. The first kappa shape index (κ1) is 23.6. The van der Waals surface area contributed by atoms with Crippen LogP contribution in [0.1, 0.15) is 5.69 Å². The number of H-pyrrole nitrogens is 1. The number of carbonyl (C=O) groups excluding carboxylic acids is 2. The van der Waals surface area contributed by atoms with Crippen molar-refractivity contribution < 1.29 is 28.3 Å². The summed E-state index contributed by atoms with van der Waals surface area (Å²) in [5.74, 6) is 0.167. The maximum atomic E-state index is 10.5. The van der Waals surface area contributed by atoms with Gasteiger partial charge in [0.2, 0.25) is 18.1 Å². The Morgan fingerprint density at radius 3 is 2.15 bits per heavy atom. The molecule has 0 spiro atoms. The number of aromatic amines is 1. The molecule has 14 nitrogen and oxygen atoms in total. The molecule has 0 saturated carbocycles. The van der Waals surface area contributed by atoms with Gasteiger partial charge in [-0.05, 0) is 6.92 Å². The fourth-order valence-corrected chi connectivity index (χ4v) is 1.35. The largest absolute Gasteiger partial charge is 0.369 e. The van der Waals surface area contributed by atoms with Crippen LogP contribution in [-0.4, -0.2) is 49.1 Å². The van der Waals surface area contributed by atoms with Crippen molar-refractivity contribution in [3.63, 3.8) is 0 Å². The number of nitrogens with two attached hydrogens (primary N) is 1. The zero-order valence-electron chi connectivity index (χ0n) is 13.7. The third-order valence-corrected chi connectivity index (χ3v) is 2.33. The molecule has 1 aromatic heterocycles. The average Bonchev–Trinajstić information content (AvgIpc) is 2.58. The highest BCUT2D eigenvalue weighted by Gasteiger charge is 1.90. The maximum absolute atomic E-state index is 10.5. The minimum Gasteiger partial charge on any atom is -0.369 e. The lowest BCUT2D eigenvalue weighted by Gasteiger charge is -2.05. The molecular formula is C11H18N7O7P. The highest BCUT2D eigenvalue weighted by atomic mass is 31.1. The molecule has 0 aliphatic carbocycles. The average molecular weight is 391 g/mol. The van der Waals surface area contributed by atoms with Gasteiger partial charge in [-0.15, -0.1) is 0 Å². The Balaban J connectivity index is 0.000000577. The van der Waals surface area contributed by atoms with E-state index in [1.807, 2.05) is 0 Å². The number of nitrogen functional groups attached to an aromatic ring is 1. The molecule has 1 aromatic rings. The summed E-state index contributed by atoms with van der Waals surface area (Å²) in [4.78, 5) is 51.5. The lowest BCUT2D eigenvalue weighted by Crippen LogP contribution is -2.16. The van der Waals surface area contributed by atoms with Crippen LogP contribution in [0.25, 0.3) is 0 Å². The van der Waals surface area contributed by atoms with Crippen molar-refractivity contribution in [3.05, 3.63) is 22.1 Å². The van der Waals surface area contributed by atoms with E-state index in [0.717, 1.165) is 0 Å². The number of hydrogen-bond acceptors (Lipinski definition) is 13. The Labute approximate surface area is 149 Å². The third kappa shape index (κ3) is 16.5. The molecule has 0 saturated heterocycles. The van der Waals surface area contributed by atoms with Crippen LogP contribution in [0.3, 0.4) is 0 Å². The second-order valence-corrected chi connectivity index (χ2v) is 4.52. The Kier molecular flexibility index (Phi) is 15.9. The van der Waals surface area contributed by atoms with E-state index in [2.05, 4.69) is 40.6 Å². The summed E-state index contributed by atoms with van der Waals surface area (Å²) in [6.45, 7) is 1.57. The molecule has 0 atom stereocenters. The van der Waals surface area contributed by atoms with E-state index < -0.39 is 0 Å². The van der Waals surface area contributed by atoms with Crippen LogP contribution in [0.5, 0.6) is 0 Å². The summed E-state index contributed by atoms with van der Waals surface area (Å²) in [7, 11) is -0.289. The van der Waals surface area contributed by atoms with Crippen LogP contribution in [0.4, 0.5) is 5.95 Å². The van der Waals surface area contributed by atoms with E-state index in [1.165, 1.54) is 18.2 Å². The van der Waals surface area contributed by atoms with Gasteiger partial charge >= 0.3 is 0 Å². The van der Waals surface area contributed by atoms with E-state index in [0.29, 0.717) is 5.69 Å². The fraction of sp³-hybridized carbons (Fsp3) is 0.455. The minimum atomic E-state index is -0.289. The Bertz CT molecular complexity index is 597. The quantitative estimate of drug-likeness (QED) is 0.0829. The first-order chi connectivity index (χ1) is 12.6. The van der Waals surface area contributed by atoms with Gasteiger partial charge < -0.3 is 14.8 Å². The lowest BCUT2D eigenvalue weighted by atomic mass is 10.5. The highest BCUT2D eigenvalue weighted by Crippen LogP contribution is 2.11. The van der Waals surface area contributed by atoms with E-state index in [-0.39, 0.29) is 47.5 Å². The summed E-state index contributed by atoms with van der Waals surface area (Å²) in [5, 5.41) is 0. The standard InChI is InChI=1S/C6H11N4O6P.C5H7N3O/c11-3-7-1-9-13-5-15-17-16-6-14-10-2-8-4-12;1-3-2-4(9)8-5(6)7-3/h9-10,17H,1-2,5-6H2;2H,1H3,(H3,6,7,8,9). The van der Waals surface area contributed by atoms with E-state index in [4.69, 9.17) is 14.8 Å². The summed E-state index contributed by atoms with van der Waals surface area (Å²) in [6, 6.07) is 1.39. The molecule has 26 heavy (non-hydrogen) atoms. The maximum Gasteiger partial charge on any atom is 0.252 e. The molecule has 15 heteroatoms. The van der Waals surface area contributed by atoms with Gasteiger partial charge in [0.05, 0.1) is 0 Å². The van der Waals surface area contributed by atoms with Gasteiger partial charge in [0.25, 0.3) is 5.56 Å². The number of hydroxylamine groups is 2. The van der Waals surface area contributed by atoms with Crippen molar-refractivity contribution >= 4 is 27.1 Å². The zero-order valence-corrected chi connectivity index (χ0v) is 14.7. The van der Waals surface area contributed by atoms with Gasteiger partial charge in [-0.3, -0.25) is 19.5 Å². The third-order valence-electron chi connectivity index (χ3n) is 1.86. The molecule has 1 heterocycles. The second kappa shape index (κ2) is 17.5. The predicted molar refractivity (Wildman–Crippen MR) is 88.6 cm³/mol. The Morgan fingerprint density at radius 1 is 1.19 bits per heavy atom. The van der Waals surface area contributed by atoms with Crippen molar-refractivity contribution in [2.24, 2.45) is 9.98 Å². The van der Waals surface area contributed by atoms with Crippen molar-refractivity contribution in [2.75, 3.05) is 32.7 Å². The van der Waals surface area contributed by atoms with Crippen LogP contribution < -0.4 is 22.3 Å². The SMILES string of the molecule is Cc1cc(=O)[nH]c(N)n1.O=C=NCNOCOPOCONCN=C=O. The number of nitrogens with zero attached hydrogens (tertiary/aromatic N) is 3. The number of anilines is 1. The molecule has 1 rings (SSSR count). The van der Waals surface area contributed by atoms with Crippen LogP contribution in [0.15, 0.2) is 20.8 Å². The first-order valence-electron chi connectivity index (χ1n) is 6.68. The molecule has 0 bridgehead atoms. The van der Waals surface area contributed by atoms with Gasteiger partial charge in [0.1, 0.15) is 13.3 Å². The number of isocyanates is 2. The van der Waals surface area contributed by atoms with Gasteiger partial charge in [-0.2, -0.15) is 20.9 Å². The second-order valence-electron chi connectivity index (χ2n) is 3.77. The van der Waals surface area contributed by atoms with Gasteiger partial charge in [-0.1, -0.05) is 0 Å². The monoisotopic (exact) mass is 391 g/mol. The summed E-state index contributed by atoms with van der Waals surface area (Å²) in [5.41, 5.74) is 10.2. The van der Waals surface area contributed by atoms with Crippen molar-refractivity contribution in [1.82, 2.24) is 20.9 Å². The van der Waals surface area contributed by atoms with E-state index in [1.54, 1.807) is 6.92 Å². The summed E-state index contributed by atoms with van der Waals surface area (Å²) in [6.07, 6.45) is 2.64. The molecule has 0 aliphatic rings. The molecule has 0 amide bonds. The van der Waals surface area contributed by atoms with Crippen LogP contribution in [-0.2, 0) is 28.3 Å². The van der Waals surface area contributed by atoms with Crippen LogP contribution in [0, 0.1) is 6.92 Å². The number of aromatic nitrogens is 2.